The lowest BCUT2D eigenvalue weighted by molar-refractivity contribution is -0.141. The number of rotatable bonds is 2. The zero-order valence-corrected chi connectivity index (χ0v) is 27.1. The molecule has 14 heteroatoms. The second-order valence-electron chi connectivity index (χ2n) is 10.3. The van der Waals surface area contributed by atoms with Gasteiger partial charge in [-0.3, -0.25) is 0 Å². The van der Waals surface area contributed by atoms with Crippen LogP contribution in [0.3, 0.4) is 0 Å². The Labute approximate surface area is 278 Å². The highest BCUT2D eigenvalue weighted by molar-refractivity contribution is 9.10. The highest BCUT2D eigenvalue weighted by Crippen LogP contribution is 2.37. The van der Waals surface area contributed by atoms with E-state index in [0.717, 1.165) is 34.4 Å². The van der Waals surface area contributed by atoms with Crippen LogP contribution in [0.5, 0.6) is 0 Å². The fourth-order valence-electron chi connectivity index (χ4n) is 4.28. The number of aromatic nitrogens is 2. The van der Waals surface area contributed by atoms with Gasteiger partial charge in [-0.05, 0) is 77.2 Å². The van der Waals surface area contributed by atoms with Crippen LogP contribution in [-0.2, 0) is 12.4 Å². The first-order chi connectivity index (χ1) is 21.4. The fraction of sp³-hybridized carbons (Fsp3) is 0.125. The van der Waals surface area contributed by atoms with Crippen molar-refractivity contribution in [1.82, 2.24) is 9.97 Å². The van der Waals surface area contributed by atoms with Crippen molar-refractivity contribution in [3.63, 3.8) is 0 Å². The third-order valence-electron chi connectivity index (χ3n) is 6.72. The van der Waals surface area contributed by atoms with E-state index in [1.165, 1.54) is 12.1 Å². The Balaban J connectivity index is 0.000000168. The van der Waals surface area contributed by atoms with Crippen LogP contribution in [-0.4, -0.2) is 27.1 Å². The molecule has 6 aromatic rings. The van der Waals surface area contributed by atoms with Crippen LogP contribution in [0, 0.1) is 13.8 Å². The van der Waals surface area contributed by atoms with E-state index in [0.29, 0.717) is 41.8 Å². The summed E-state index contributed by atoms with van der Waals surface area (Å²) in [5.74, 6) is 0. The molecular weight excluding hydrogens is 720 g/mol. The van der Waals surface area contributed by atoms with Crippen molar-refractivity contribution >= 4 is 73.5 Å². The highest BCUT2D eigenvalue weighted by atomic mass is 79.9. The van der Waals surface area contributed by atoms with Crippen LogP contribution in [0.25, 0.3) is 32.9 Å². The number of fused-ring (bicyclic) bond motifs is 2. The van der Waals surface area contributed by atoms with Gasteiger partial charge < -0.3 is 20.0 Å². The average Bonchev–Trinajstić information content (AvgIpc) is 3.58. The summed E-state index contributed by atoms with van der Waals surface area (Å²) in [6.45, 7) is 3.92. The van der Waals surface area contributed by atoms with E-state index in [-0.39, 0.29) is 0 Å². The first kappa shape index (κ1) is 35.4. The Morgan fingerprint density at radius 1 is 0.630 bits per heavy atom. The smallest absolute Gasteiger partial charge is 0.423 e. The zero-order valence-electron chi connectivity index (χ0n) is 24.0. The first-order valence-corrected chi connectivity index (χ1v) is 14.9. The molecular formula is C32H24BBrCl2F6N2O2. The van der Waals surface area contributed by atoms with Crippen molar-refractivity contribution < 1.29 is 36.4 Å². The Kier molecular flexibility index (Phi) is 10.9. The number of nitrogens with one attached hydrogen (secondary N) is 2. The molecule has 4 aromatic carbocycles. The van der Waals surface area contributed by atoms with Crippen molar-refractivity contribution in [2.45, 2.75) is 26.2 Å². The topological polar surface area (TPSA) is 72.0 Å². The van der Waals surface area contributed by atoms with Gasteiger partial charge in [0.1, 0.15) is 11.4 Å². The molecule has 0 amide bonds. The monoisotopic (exact) mass is 742 g/mol. The molecule has 0 bridgehead atoms. The van der Waals surface area contributed by atoms with E-state index < -0.39 is 30.9 Å². The quantitative estimate of drug-likeness (QED) is 0.105. The van der Waals surface area contributed by atoms with Crippen molar-refractivity contribution in [1.29, 1.82) is 0 Å². The molecule has 2 heterocycles. The van der Waals surface area contributed by atoms with Gasteiger partial charge in [0.25, 0.3) is 0 Å². The SMILES string of the molecule is Cc1ccc(-c2cc3cc(C(F)(F)F)[nH]c3cc2Cl)cc1.Cc1ccc(B(O)O)cc1.FC(F)(F)c1cc2cc(Br)c(Cl)cc2[nH]1. The molecule has 0 atom stereocenters. The van der Waals surface area contributed by atoms with Crippen LogP contribution < -0.4 is 5.46 Å². The van der Waals surface area contributed by atoms with E-state index >= 15 is 0 Å². The number of alkyl halides is 6. The number of aromatic amines is 2. The van der Waals surface area contributed by atoms with Crippen LogP contribution >= 0.6 is 39.1 Å². The highest BCUT2D eigenvalue weighted by Gasteiger charge is 2.33. The molecule has 0 fully saturated rings. The molecule has 0 saturated carbocycles. The lowest BCUT2D eigenvalue weighted by Crippen LogP contribution is -2.29. The molecule has 0 radical (unpaired) electrons. The predicted molar refractivity (Wildman–Crippen MR) is 175 cm³/mol. The molecule has 4 N–H and O–H groups in total. The summed E-state index contributed by atoms with van der Waals surface area (Å²) in [4.78, 5) is 4.63. The Morgan fingerprint density at radius 3 is 1.52 bits per heavy atom. The molecule has 240 valence electrons. The average molecular weight is 744 g/mol. The van der Waals surface area contributed by atoms with Gasteiger partial charge in [-0.1, -0.05) is 82.9 Å². The maximum atomic E-state index is 12.7. The molecule has 0 unspecified atom stereocenters. The Morgan fingerprint density at radius 2 is 1.07 bits per heavy atom. The van der Waals surface area contributed by atoms with Gasteiger partial charge in [-0.2, -0.15) is 26.3 Å². The number of H-pyrrole nitrogens is 2. The summed E-state index contributed by atoms with van der Waals surface area (Å²) in [5.41, 5.74) is 3.56. The van der Waals surface area contributed by atoms with Crippen LogP contribution in [0.2, 0.25) is 10.0 Å². The minimum absolute atomic E-state index is 0.371. The van der Waals surface area contributed by atoms with E-state index in [4.69, 9.17) is 33.2 Å². The first-order valence-electron chi connectivity index (χ1n) is 13.4. The molecule has 0 spiro atoms. The summed E-state index contributed by atoms with van der Waals surface area (Å²) < 4.78 is 75.8. The van der Waals surface area contributed by atoms with E-state index in [9.17, 15) is 26.3 Å². The van der Waals surface area contributed by atoms with Gasteiger partial charge in [-0.15, -0.1) is 0 Å². The van der Waals surface area contributed by atoms with Crippen LogP contribution in [0.15, 0.2) is 89.4 Å². The Hall–Kier alpha value is -3.42. The largest absolute Gasteiger partial charge is 0.488 e. The summed E-state index contributed by atoms with van der Waals surface area (Å²) in [6, 6.07) is 23.1. The minimum atomic E-state index is -4.39. The second-order valence-corrected chi connectivity index (χ2v) is 12.0. The number of hydrogen-bond acceptors (Lipinski definition) is 2. The van der Waals surface area contributed by atoms with Gasteiger partial charge in [0.05, 0.1) is 10.0 Å². The zero-order chi connectivity index (χ0) is 34.0. The second kappa shape index (κ2) is 14.1. The number of halogens is 9. The maximum absolute atomic E-state index is 12.7. The third kappa shape index (κ3) is 8.89. The maximum Gasteiger partial charge on any atom is 0.488 e. The van der Waals surface area contributed by atoms with Crippen molar-refractivity contribution in [2.75, 3.05) is 0 Å². The van der Waals surface area contributed by atoms with E-state index in [2.05, 4.69) is 25.9 Å². The summed E-state index contributed by atoms with van der Waals surface area (Å²) >= 11 is 15.1. The van der Waals surface area contributed by atoms with Gasteiger partial charge in [0.2, 0.25) is 0 Å². The van der Waals surface area contributed by atoms with Crippen molar-refractivity contribution in [2.24, 2.45) is 0 Å². The van der Waals surface area contributed by atoms with Gasteiger partial charge >= 0.3 is 19.5 Å². The number of benzene rings is 4. The normalized spacial score (nSPS) is 11.6. The number of hydrogen-bond donors (Lipinski definition) is 4. The molecule has 0 aliphatic heterocycles. The van der Waals surface area contributed by atoms with Crippen molar-refractivity contribution in [3.05, 3.63) is 122 Å². The third-order valence-corrected chi connectivity index (χ3v) is 8.23. The number of aryl methyl sites for hydroxylation is 2. The minimum Gasteiger partial charge on any atom is -0.423 e. The van der Waals surface area contributed by atoms with Crippen LogP contribution in [0.4, 0.5) is 26.3 Å². The van der Waals surface area contributed by atoms with Crippen LogP contribution in [0.1, 0.15) is 22.5 Å². The molecule has 4 nitrogen and oxygen atoms in total. The molecule has 0 aliphatic rings. The van der Waals surface area contributed by atoms with Crippen molar-refractivity contribution in [3.8, 4) is 11.1 Å². The molecule has 46 heavy (non-hydrogen) atoms. The van der Waals surface area contributed by atoms with Gasteiger partial charge in [0.15, 0.2) is 0 Å². The van der Waals surface area contributed by atoms with Gasteiger partial charge in [0, 0.05) is 31.8 Å². The Bertz CT molecular complexity index is 1920. The molecule has 6 rings (SSSR count). The van der Waals surface area contributed by atoms with Gasteiger partial charge in [-0.25, -0.2) is 0 Å². The molecule has 0 aliphatic carbocycles. The molecule has 0 saturated heterocycles. The predicted octanol–water partition coefficient (Wildman–Crippen LogP) is 10.1. The van der Waals surface area contributed by atoms with E-state index in [1.54, 1.807) is 24.3 Å². The summed E-state index contributed by atoms with van der Waals surface area (Å²) in [6.07, 6.45) is -8.76. The lowest BCUT2D eigenvalue weighted by atomic mass is 9.80. The lowest BCUT2D eigenvalue weighted by Gasteiger charge is -2.05. The molecule has 2 aromatic heterocycles. The van der Waals surface area contributed by atoms with E-state index in [1.807, 2.05) is 50.2 Å². The standard InChI is InChI=1S/C16H11ClF3N.C9H4BrClF3N.C7H9BO2/c1-9-2-4-10(5-3-9)12-6-11-7-15(16(18,19)20)21-14(11)8-13(12)17;10-5-1-4-2-8(9(12,13)14)15-7(4)3-6(5)11;1-6-2-4-7(5-3-6)8(9)10/h2-8,21H,1H3;1-3,15H;2-5,9-10H,1H3. The fourth-order valence-corrected chi connectivity index (χ4v) is 5.08. The summed E-state index contributed by atoms with van der Waals surface area (Å²) in [5, 5.41) is 19.1. The summed E-state index contributed by atoms with van der Waals surface area (Å²) in [7, 11) is -1.35.